The van der Waals surface area contributed by atoms with Crippen molar-refractivity contribution in [2.45, 2.75) is 32.6 Å². The molecule has 1 aliphatic carbocycles. The molecule has 1 aromatic rings. The Morgan fingerprint density at radius 2 is 2.00 bits per heavy atom. The SMILES string of the molecule is CCOC(=O)C=Cc1ccc(NCC2CCCC2)cc1. The summed E-state index contributed by atoms with van der Waals surface area (Å²) in [5.74, 6) is 0.536. The number of hydrogen-bond acceptors (Lipinski definition) is 3. The lowest BCUT2D eigenvalue weighted by Gasteiger charge is -2.11. The molecular formula is C17H23NO2. The number of ether oxygens (including phenoxy) is 1. The highest BCUT2D eigenvalue weighted by Crippen LogP contribution is 2.25. The Hall–Kier alpha value is -1.77. The minimum atomic E-state index is -0.295. The summed E-state index contributed by atoms with van der Waals surface area (Å²) in [4.78, 5) is 11.2. The molecule has 0 amide bonds. The van der Waals surface area contributed by atoms with Crippen molar-refractivity contribution in [1.29, 1.82) is 0 Å². The Kier molecular flexibility index (Phi) is 5.66. The van der Waals surface area contributed by atoms with Crippen molar-refractivity contribution in [2.24, 2.45) is 5.92 Å². The first-order chi connectivity index (χ1) is 9.78. The molecule has 3 nitrogen and oxygen atoms in total. The van der Waals surface area contributed by atoms with Crippen LogP contribution in [0.3, 0.4) is 0 Å². The van der Waals surface area contributed by atoms with E-state index >= 15 is 0 Å². The molecule has 0 spiro atoms. The van der Waals surface area contributed by atoms with Gasteiger partial charge in [-0.1, -0.05) is 25.0 Å². The Morgan fingerprint density at radius 1 is 1.30 bits per heavy atom. The number of carbonyl (C=O) groups is 1. The summed E-state index contributed by atoms with van der Waals surface area (Å²) in [6.07, 6.45) is 8.71. The van der Waals surface area contributed by atoms with Crippen molar-refractivity contribution >= 4 is 17.7 Å². The zero-order chi connectivity index (χ0) is 14.2. The van der Waals surface area contributed by atoms with Crippen LogP contribution in [-0.2, 0) is 9.53 Å². The maximum atomic E-state index is 11.2. The third-order valence-electron chi connectivity index (χ3n) is 3.68. The van der Waals surface area contributed by atoms with Crippen LogP contribution in [0, 0.1) is 5.92 Å². The molecule has 0 radical (unpaired) electrons. The summed E-state index contributed by atoms with van der Waals surface area (Å²) in [6, 6.07) is 8.12. The molecule has 0 heterocycles. The van der Waals surface area contributed by atoms with Crippen molar-refractivity contribution in [1.82, 2.24) is 0 Å². The van der Waals surface area contributed by atoms with Gasteiger partial charge in [0.25, 0.3) is 0 Å². The van der Waals surface area contributed by atoms with Gasteiger partial charge in [-0.15, -0.1) is 0 Å². The quantitative estimate of drug-likeness (QED) is 0.631. The van der Waals surface area contributed by atoms with Crippen LogP contribution in [0.1, 0.15) is 38.2 Å². The maximum absolute atomic E-state index is 11.2. The number of benzene rings is 1. The number of esters is 1. The fourth-order valence-electron chi connectivity index (χ4n) is 2.54. The smallest absolute Gasteiger partial charge is 0.330 e. The molecule has 3 heteroatoms. The second-order valence-corrected chi connectivity index (χ2v) is 5.24. The lowest BCUT2D eigenvalue weighted by molar-refractivity contribution is -0.137. The van der Waals surface area contributed by atoms with E-state index in [0.717, 1.165) is 23.7 Å². The highest BCUT2D eigenvalue weighted by molar-refractivity contribution is 5.87. The lowest BCUT2D eigenvalue weighted by atomic mass is 10.1. The highest BCUT2D eigenvalue weighted by Gasteiger charge is 2.14. The van der Waals surface area contributed by atoms with E-state index in [9.17, 15) is 4.79 Å². The topological polar surface area (TPSA) is 38.3 Å². The molecule has 1 saturated carbocycles. The third-order valence-corrected chi connectivity index (χ3v) is 3.68. The fraction of sp³-hybridized carbons (Fsp3) is 0.471. The lowest BCUT2D eigenvalue weighted by Crippen LogP contribution is -2.10. The minimum absolute atomic E-state index is 0.295. The van der Waals surface area contributed by atoms with Crippen LogP contribution >= 0.6 is 0 Å². The van der Waals surface area contributed by atoms with E-state index in [0.29, 0.717) is 6.61 Å². The van der Waals surface area contributed by atoms with E-state index in [-0.39, 0.29) is 5.97 Å². The van der Waals surface area contributed by atoms with Gasteiger partial charge in [-0.25, -0.2) is 4.79 Å². The monoisotopic (exact) mass is 273 g/mol. The van der Waals surface area contributed by atoms with E-state index in [1.807, 2.05) is 12.1 Å². The molecule has 1 aromatic carbocycles. The van der Waals surface area contributed by atoms with Gasteiger partial charge in [0.2, 0.25) is 0 Å². The fourth-order valence-corrected chi connectivity index (χ4v) is 2.54. The van der Waals surface area contributed by atoms with E-state index in [1.54, 1.807) is 13.0 Å². The van der Waals surface area contributed by atoms with E-state index < -0.39 is 0 Å². The summed E-state index contributed by atoms with van der Waals surface area (Å²) in [7, 11) is 0. The van der Waals surface area contributed by atoms with Crippen LogP contribution in [0.4, 0.5) is 5.69 Å². The van der Waals surface area contributed by atoms with E-state index in [1.165, 1.54) is 31.8 Å². The molecule has 1 N–H and O–H groups in total. The van der Waals surface area contributed by atoms with Gasteiger partial charge >= 0.3 is 5.97 Å². The third kappa shape index (κ3) is 4.72. The summed E-state index contributed by atoms with van der Waals surface area (Å²) in [6.45, 7) is 3.28. The van der Waals surface area contributed by atoms with E-state index in [2.05, 4.69) is 17.4 Å². The van der Waals surface area contributed by atoms with Crippen molar-refractivity contribution in [3.8, 4) is 0 Å². The highest BCUT2D eigenvalue weighted by atomic mass is 16.5. The molecule has 2 rings (SSSR count). The predicted octanol–water partition coefficient (Wildman–Crippen LogP) is 3.87. The Morgan fingerprint density at radius 3 is 2.65 bits per heavy atom. The van der Waals surface area contributed by atoms with Crippen molar-refractivity contribution in [2.75, 3.05) is 18.5 Å². The number of nitrogens with one attached hydrogen (secondary N) is 1. The van der Waals surface area contributed by atoms with Crippen LogP contribution in [0.15, 0.2) is 30.3 Å². The van der Waals surface area contributed by atoms with E-state index in [4.69, 9.17) is 4.74 Å². The minimum Gasteiger partial charge on any atom is -0.463 e. The zero-order valence-corrected chi connectivity index (χ0v) is 12.1. The summed E-state index contributed by atoms with van der Waals surface area (Å²) < 4.78 is 4.84. The van der Waals surface area contributed by atoms with Crippen LogP contribution < -0.4 is 5.32 Å². The summed E-state index contributed by atoms with van der Waals surface area (Å²) in [5.41, 5.74) is 2.15. The molecular weight excluding hydrogens is 250 g/mol. The van der Waals surface area contributed by atoms with Crippen molar-refractivity contribution < 1.29 is 9.53 Å². The van der Waals surface area contributed by atoms with Gasteiger partial charge in [0.1, 0.15) is 0 Å². The van der Waals surface area contributed by atoms with Gasteiger partial charge in [-0.3, -0.25) is 0 Å². The van der Waals surface area contributed by atoms with Gasteiger partial charge in [0, 0.05) is 18.3 Å². The van der Waals surface area contributed by atoms with Crippen LogP contribution in [0.5, 0.6) is 0 Å². The van der Waals surface area contributed by atoms with Crippen LogP contribution in [0.2, 0.25) is 0 Å². The summed E-state index contributed by atoms with van der Waals surface area (Å²) in [5, 5.41) is 3.48. The molecule has 0 aliphatic heterocycles. The van der Waals surface area contributed by atoms with Crippen LogP contribution in [0.25, 0.3) is 6.08 Å². The number of hydrogen-bond donors (Lipinski definition) is 1. The second-order valence-electron chi connectivity index (χ2n) is 5.24. The Bertz CT molecular complexity index is 445. The number of carbonyl (C=O) groups excluding carboxylic acids is 1. The molecule has 0 atom stereocenters. The summed E-state index contributed by atoms with van der Waals surface area (Å²) >= 11 is 0. The zero-order valence-electron chi connectivity index (χ0n) is 12.1. The van der Waals surface area contributed by atoms with Crippen LogP contribution in [-0.4, -0.2) is 19.1 Å². The Labute approximate surface area is 121 Å². The normalized spacial score (nSPS) is 15.7. The average Bonchev–Trinajstić information content (AvgIpc) is 2.98. The van der Waals surface area contributed by atoms with Gasteiger partial charge in [-0.2, -0.15) is 0 Å². The molecule has 0 bridgehead atoms. The number of rotatable bonds is 6. The molecule has 0 unspecified atom stereocenters. The standard InChI is InChI=1S/C17H23NO2/c1-2-20-17(19)12-9-14-7-10-16(11-8-14)18-13-15-5-3-4-6-15/h7-12,15,18H,2-6,13H2,1H3. The molecule has 0 aromatic heterocycles. The average molecular weight is 273 g/mol. The van der Waals surface area contributed by atoms with Gasteiger partial charge in [0.15, 0.2) is 0 Å². The molecule has 0 saturated heterocycles. The molecule has 20 heavy (non-hydrogen) atoms. The van der Waals surface area contributed by atoms with Gasteiger partial charge < -0.3 is 10.1 Å². The maximum Gasteiger partial charge on any atom is 0.330 e. The van der Waals surface area contributed by atoms with Gasteiger partial charge in [-0.05, 0) is 49.5 Å². The first-order valence-corrected chi connectivity index (χ1v) is 7.46. The Balaban J connectivity index is 1.81. The first-order valence-electron chi connectivity index (χ1n) is 7.46. The van der Waals surface area contributed by atoms with Crippen molar-refractivity contribution in [3.63, 3.8) is 0 Å². The predicted molar refractivity (Wildman–Crippen MR) is 82.6 cm³/mol. The second kappa shape index (κ2) is 7.73. The van der Waals surface area contributed by atoms with Gasteiger partial charge in [0.05, 0.1) is 6.61 Å². The molecule has 1 fully saturated rings. The largest absolute Gasteiger partial charge is 0.463 e. The molecule has 108 valence electrons. The number of anilines is 1. The molecule has 1 aliphatic rings. The van der Waals surface area contributed by atoms with Crippen molar-refractivity contribution in [3.05, 3.63) is 35.9 Å². The first kappa shape index (κ1) is 14.6.